The number of benzene rings is 1. The molecular weight excluding hydrogens is 404 g/mol. The third-order valence-electron chi connectivity index (χ3n) is 6.88. The molecule has 1 aromatic heterocycles. The molecule has 32 heavy (non-hydrogen) atoms. The van der Waals surface area contributed by atoms with Crippen LogP contribution in [0.25, 0.3) is 11.1 Å². The average Bonchev–Trinajstić information content (AvgIpc) is 2.81. The predicted octanol–water partition coefficient (Wildman–Crippen LogP) is 3.15. The van der Waals surface area contributed by atoms with Gasteiger partial charge in [-0.3, -0.25) is 9.69 Å². The smallest absolute Gasteiger partial charge is 0.255 e. The van der Waals surface area contributed by atoms with Gasteiger partial charge < -0.3 is 20.9 Å². The molecule has 0 unspecified atom stereocenters. The van der Waals surface area contributed by atoms with Gasteiger partial charge >= 0.3 is 0 Å². The zero-order chi connectivity index (χ0) is 22.7. The largest absolute Gasteiger partial charge is 0.390 e. The first kappa shape index (κ1) is 22.7. The molecule has 1 aliphatic carbocycles. The number of nitrogens with one attached hydrogen (secondary N) is 1. The fraction of sp³-hybridized carbons (Fsp3) is 0.520. The second-order valence-corrected chi connectivity index (χ2v) is 9.35. The van der Waals surface area contributed by atoms with E-state index in [4.69, 9.17) is 10.5 Å². The summed E-state index contributed by atoms with van der Waals surface area (Å²) in [6.07, 6.45) is 4.59. The molecule has 1 amide bonds. The number of nitrogens with zero attached hydrogens (tertiary/aromatic N) is 2. The molecule has 4 N–H and O–H groups in total. The quantitative estimate of drug-likeness (QED) is 0.663. The normalized spacial score (nSPS) is 25.3. The lowest BCUT2D eigenvalue weighted by atomic mass is 9.83. The summed E-state index contributed by atoms with van der Waals surface area (Å²) in [7, 11) is 0. The number of carbonyl (C=O) groups is 1. The summed E-state index contributed by atoms with van der Waals surface area (Å²) in [4.78, 5) is 19.6. The van der Waals surface area contributed by atoms with Gasteiger partial charge in [0.25, 0.3) is 5.91 Å². The number of anilines is 1. The molecule has 2 fully saturated rings. The van der Waals surface area contributed by atoms with E-state index in [-0.39, 0.29) is 17.8 Å². The van der Waals surface area contributed by atoms with E-state index in [1.807, 2.05) is 13.0 Å². The molecule has 7 heteroatoms. The van der Waals surface area contributed by atoms with Gasteiger partial charge in [-0.15, -0.1) is 0 Å². The van der Waals surface area contributed by atoms with Gasteiger partial charge in [-0.25, -0.2) is 4.98 Å². The number of amides is 1. The summed E-state index contributed by atoms with van der Waals surface area (Å²) in [5.41, 5.74) is 8.91. The van der Waals surface area contributed by atoms with E-state index in [0.717, 1.165) is 50.3 Å². The van der Waals surface area contributed by atoms with Crippen LogP contribution in [-0.4, -0.2) is 58.8 Å². The van der Waals surface area contributed by atoms with E-state index in [0.29, 0.717) is 24.4 Å². The van der Waals surface area contributed by atoms with Crippen LogP contribution < -0.4 is 11.1 Å². The van der Waals surface area contributed by atoms with Crippen LogP contribution in [0.2, 0.25) is 0 Å². The molecule has 0 radical (unpaired) electrons. The number of hydrogen-bond donors (Lipinski definition) is 3. The van der Waals surface area contributed by atoms with Crippen LogP contribution >= 0.6 is 0 Å². The highest BCUT2D eigenvalue weighted by Crippen LogP contribution is 2.29. The zero-order valence-electron chi connectivity index (χ0n) is 19.0. The first-order valence-electron chi connectivity index (χ1n) is 11.5. The van der Waals surface area contributed by atoms with Gasteiger partial charge in [0.1, 0.15) is 5.82 Å². The Morgan fingerprint density at radius 1 is 1.22 bits per heavy atom. The molecule has 2 aliphatic rings. The van der Waals surface area contributed by atoms with Gasteiger partial charge in [-0.2, -0.15) is 0 Å². The highest BCUT2D eigenvalue weighted by molar-refractivity contribution is 5.99. The molecule has 7 nitrogen and oxygen atoms in total. The van der Waals surface area contributed by atoms with Crippen LogP contribution in [0.15, 0.2) is 36.5 Å². The Morgan fingerprint density at radius 2 is 1.88 bits per heavy atom. The summed E-state index contributed by atoms with van der Waals surface area (Å²) < 4.78 is 5.46. The summed E-state index contributed by atoms with van der Waals surface area (Å²) in [6, 6.07) is 10.6. The van der Waals surface area contributed by atoms with Crippen LogP contribution in [0.3, 0.4) is 0 Å². The van der Waals surface area contributed by atoms with E-state index < -0.39 is 5.60 Å². The molecule has 1 aromatic carbocycles. The molecule has 0 bridgehead atoms. The molecule has 1 atom stereocenters. The van der Waals surface area contributed by atoms with E-state index in [9.17, 15) is 9.90 Å². The van der Waals surface area contributed by atoms with Crippen molar-refractivity contribution in [3.63, 3.8) is 0 Å². The van der Waals surface area contributed by atoms with E-state index >= 15 is 0 Å². The minimum Gasteiger partial charge on any atom is -0.390 e. The van der Waals surface area contributed by atoms with Crippen molar-refractivity contribution in [2.75, 3.05) is 32.0 Å². The van der Waals surface area contributed by atoms with Crippen molar-refractivity contribution < 1.29 is 14.6 Å². The Bertz CT molecular complexity index is 929. The number of nitrogen functional groups attached to an aromatic ring is 1. The van der Waals surface area contributed by atoms with Crippen molar-refractivity contribution in [2.24, 2.45) is 0 Å². The molecule has 0 spiro atoms. The second kappa shape index (κ2) is 9.57. The maximum Gasteiger partial charge on any atom is 0.255 e. The number of hydrogen-bond acceptors (Lipinski definition) is 6. The number of pyridine rings is 1. The molecule has 1 saturated carbocycles. The number of aromatic nitrogens is 1. The Labute approximate surface area is 190 Å². The molecular formula is C25H34N4O3. The average molecular weight is 439 g/mol. The van der Waals surface area contributed by atoms with Crippen LogP contribution in [-0.2, 0) is 4.74 Å². The standard InChI is InChI=1S/C25H34N4O3/c1-17(29-11-13-32-14-12-29)18-3-5-19(6-4-18)20-15-22(23(26)27-16-20)24(30)28-21-7-9-25(2,31)10-8-21/h3-6,15-17,21,31H,7-14H2,1-2H3,(H2,26,27)(H,28,30)/t17-,21?,25?/m1/s1. The highest BCUT2D eigenvalue weighted by atomic mass is 16.5. The van der Waals surface area contributed by atoms with E-state index in [1.54, 1.807) is 6.20 Å². The van der Waals surface area contributed by atoms with Gasteiger partial charge in [-0.1, -0.05) is 24.3 Å². The Kier molecular flexibility index (Phi) is 6.79. The zero-order valence-corrected chi connectivity index (χ0v) is 19.0. The molecule has 4 rings (SSSR count). The van der Waals surface area contributed by atoms with Crippen molar-refractivity contribution in [3.05, 3.63) is 47.7 Å². The van der Waals surface area contributed by atoms with Gasteiger partial charge in [0.05, 0.1) is 24.4 Å². The van der Waals surface area contributed by atoms with Crippen LogP contribution in [0.4, 0.5) is 5.82 Å². The number of morpholine rings is 1. The van der Waals surface area contributed by atoms with Crippen LogP contribution in [0.5, 0.6) is 0 Å². The Balaban J connectivity index is 1.45. The van der Waals surface area contributed by atoms with Crippen LogP contribution in [0, 0.1) is 0 Å². The Morgan fingerprint density at radius 3 is 2.53 bits per heavy atom. The monoisotopic (exact) mass is 438 g/mol. The van der Waals surface area contributed by atoms with Gasteiger partial charge in [0, 0.05) is 36.9 Å². The summed E-state index contributed by atoms with van der Waals surface area (Å²) in [6.45, 7) is 7.53. The Hall–Kier alpha value is -2.48. The third kappa shape index (κ3) is 5.28. The lowest BCUT2D eigenvalue weighted by molar-refractivity contribution is 0.0140. The van der Waals surface area contributed by atoms with Crippen molar-refractivity contribution in [2.45, 2.75) is 57.2 Å². The molecule has 1 aliphatic heterocycles. The minimum atomic E-state index is -0.632. The maximum absolute atomic E-state index is 12.9. The van der Waals surface area contributed by atoms with E-state index in [1.165, 1.54) is 5.56 Å². The van der Waals surface area contributed by atoms with Crippen molar-refractivity contribution in [1.29, 1.82) is 0 Å². The third-order valence-corrected chi connectivity index (χ3v) is 6.88. The topological polar surface area (TPSA) is 101 Å². The molecule has 2 heterocycles. The number of rotatable bonds is 5. The van der Waals surface area contributed by atoms with Gasteiger partial charge in [0.2, 0.25) is 0 Å². The molecule has 1 saturated heterocycles. The van der Waals surface area contributed by atoms with Crippen molar-refractivity contribution >= 4 is 11.7 Å². The van der Waals surface area contributed by atoms with Crippen molar-refractivity contribution in [1.82, 2.24) is 15.2 Å². The van der Waals surface area contributed by atoms with Crippen LogP contribution in [0.1, 0.15) is 61.5 Å². The highest BCUT2D eigenvalue weighted by Gasteiger charge is 2.30. The SMILES string of the molecule is C[C@H](c1ccc(-c2cnc(N)c(C(=O)NC3CCC(C)(O)CC3)c2)cc1)N1CCOCC1. The fourth-order valence-electron chi connectivity index (χ4n) is 4.59. The van der Waals surface area contributed by atoms with Crippen molar-refractivity contribution in [3.8, 4) is 11.1 Å². The van der Waals surface area contributed by atoms with E-state index in [2.05, 4.69) is 46.4 Å². The number of carbonyl (C=O) groups excluding carboxylic acids is 1. The molecule has 2 aromatic rings. The second-order valence-electron chi connectivity index (χ2n) is 9.35. The summed E-state index contributed by atoms with van der Waals surface area (Å²) in [5.74, 6) is 0.0209. The first-order valence-corrected chi connectivity index (χ1v) is 11.5. The van der Waals surface area contributed by atoms with Gasteiger partial charge in [0.15, 0.2) is 0 Å². The summed E-state index contributed by atoms with van der Waals surface area (Å²) in [5, 5.41) is 13.2. The van der Waals surface area contributed by atoms with Gasteiger partial charge in [-0.05, 0) is 56.7 Å². The lowest BCUT2D eigenvalue weighted by Crippen LogP contribution is -2.42. The lowest BCUT2D eigenvalue weighted by Gasteiger charge is -2.33. The number of nitrogens with two attached hydrogens (primary N) is 1. The maximum atomic E-state index is 12.9. The number of ether oxygens (including phenoxy) is 1. The minimum absolute atomic E-state index is 0.0479. The predicted molar refractivity (Wildman–Crippen MR) is 125 cm³/mol. The fourth-order valence-corrected chi connectivity index (χ4v) is 4.59. The molecule has 172 valence electrons. The first-order chi connectivity index (χ1) is 15.3. The number of aliphatic hydroxyl groups is 1. The summed E-state index contributed by atoms with van der Waals surface area (Å²) >= 11 is 0.